The van der Waals surface area contributed by atoms with Gasteiger partial charge in [-0.25, -0.2) is 0 Å². The van der Waals surface area contributed by atoms with Crippen molar-refractivity contribution in [2.24, 2.45) is 0 Å². The first kappa shape index (κ1) is 15.9. The molecule has 0 radical (unpaired) electrons. The molecule has 0 aromatic heterocycles. The maximum Gasteiger partial charge on any atom is 0.253 e. The maximum absolute atomic E-state index is 12.4. The molecule has 4 heteroatoms. The molecular formula is C15H24N2OS. The van der Waals surface area contributed by atoms with Gasteiger partial charge in [0.15, 0.2) is 0 Å². The predicted molar refractivity (Wildman–Crippen MR) is 85.3 cm³/mol. The number of aryl methyl sites for hydroxylation is 1. The van der Waals surface area contributed by atoms with Crippen LogP contribution in [0.3, 0.4) is 0 Å². The van der Waals surface area contributed by atoms with Crippen LogP contribution in [0.1, 0.15) is 29.3 Å². The molecule has 0 saturated carbocycles. The quantitative estimate of drug-likeness (QED) is 0.868. The minimum absolute atomic E-state index is 0.0966. The van der Waals surface area contributed by atoms with E-state index in [4.69, 9.17) is 0 Å². The van der Waals surface area contributed by atoms with Gasteiger partial charge >= 0.3 is 0 Å². The number of benzene rings is 1. The third-order valence-corrected chi connectivity index (χ3v) is 4.11. The Labute approximate surface area is 120 Å². The fourth-order valence-electron chi connectivity index (χ4n) is 1.96. The molecule has 1 aromatic carbocycles. The van der Waals surface area contributed by atoms with Gasteiger partial charge in [0.05, 0.1) is 0 Å². The third-order valence-electron chi connectivity index (χ3n) is 3.46. The van der Waals surface area contributed by atoms with Crippen LogP contribution in [-0.4, -0.2) is 43.0 Å². The van der Waals surface area contributed by atoms with Crippen LogP contribution in [0.2, 0.25) is 0 Å². The molecule has 1 amide bonds. The number of nitrogens with one attached hydrogen (secondary N) is 1. The van der Waals surface area contributed by atoms with Crippen molar-refractivity contribution < 1.29 is 4.79 Å². The molecule has 1 unspecified atom stereocenters. The fraction of sp³-hybridized carbons (Fsp3) is 0.533. The van der Waals surface area contributed by atoms with Gasteiger partial charge in [-0.3, -0.25) is 4.79 Å². The van der Waals surface area contributed by atoms with E-state index in [9.17, 15) is 4.79 Å². The molecule has 0 spiro atoms. The molecule has 0 aliphatic rings. The summed E-state index contributed by atoms with van der Waals surface area (Å²) in [6.45, 7) is 4.11. The molecule has 0 heterocycles. The number of amides is 1. The summed E-state index contributed by atoms with van der Waals surface area (Å²) in [4.78, 5) is 14.2. The van der Waals surface area contributed by atoms with Crippen molar-refractivity contribution in [1.82, 2.24) is 4.90 Å². The summed E-state index contributed by atoms with van der Waals surface area (Å²) in [5.41, 5.74) is 2.92. The highest BCUT2D eigenvalue weighted by Gasteiger charge is 2.17. The minimum atomic E-state index is 0.0966. The van der Waals surface area contributed by atoms with Crippen molar-refractivity contribution >= 4 is 23.4 Å². The van der Waals surface area contributed by atoms with Crippen LogP contribution in [0.5, 0.6) is 0 Å². The van der Waals surface area contributed by atoms with Gasteiger partial charge in [0.25, 0.3) is 5.91 Å². The van der Waals surface area contributed by atoms with Crippen molar-refractivity contribution in [2.75, 3.05) is 31.4 Å². The van der Waals surface area contributed by atoms with Crippen LogP contribution < -0.4 is 5.32 Å². The first-order valence-corrected chi connectivity index (χ1v) is 7.95. The number of carbonyl (C=O) groups excluding carboxylic acids is 1. The summed E-state index contributed by atoms with van der Waals surface area (Å²) in [7, 11) is 3.77. The lowest BCUT2D eigenvalue weighted by Gasteiger charge is -2.25. The summed E-state index contributed by atoms with van der Waals surface area (Å²) in [6.07, 6.45) is 3.12. The Morgan fingerprint density at radius 3 is 2.68 bits per heavy atom. The molecular weight excluding hydrogens is 256 g/mol. The van der Waals surface area contributed by atoms with Crippen LogP contribution in [0.25, 0.3) is 0 Å². The van der Waals surface area contributed by atoms with Crippen LogP contribution in [0.4, 0.5) is 5.69 Å². The standard InChI is InChI=1S/C15H24N2OS/c1-11-10-13(6-7-14(11)16-3)15(18)17(4)12(2)8-9-19-5/h6-7,10,12,16H,8-9H2,1-5H3. The van der Waals surface area contributed by atoms with E-state index in [0.717, 1.165) is 29.0 Å². The van der Waals surface area contributed by atoms with E-state index in [-0.39, 0.29) is 11.9 Å². The van der Waals surface area contributed by atoms with Gasteiger partial charge in [0, 0.05) is 31.4 Å². The Balaban J connectivity index is 2.79. The zero-order chi connectivity index (χ0) is 14.4. The largest absolute Gasteiger partial charge is 0.388 e. The van der Waals surface area contributed by atoms with Gasteiger partial charge in [0.1, 0.15) is 0 Å². The Bertz CT molecular complexity index is 434. The molecule has 0 saturated heterocycles. The van der Waals surface area contributed by atoms with Gasteiger partial charge in [-0.05, 0) is 56.0 Å². The molecule has 0 fully saturated rings. The van der Waals surface area contributed by atoms with E-state index in [1.54, 1.807) is 0 Å². The van der Waals surface area contributed by atoms with Gasteiger partial charge in [-0.15, -0.1) is 0 Å². The molecule has 0 aliphatic carbocycles. The van der Waals surface area contributed by atoms with Crippen LogP contribution in [0.15, 0.2) is 18.2 Å². The average Bonchev–Trinajstić information content (AvgIpc) is 2.42. The van der Waals surface area contributed by atoms with E-state index in [1.807, 2.05) is 55.9 Å². The molecule has 3 nitrogen and oxygen atoms in total. The van der Waals surface area contributed by atoms with Crippen LogP contribution in [-0.2, 0) is 0 Å². The Morgan fingerprint density at radius 2 is 2.16 bits per heavy atom. The Hall–Kier alpha value is -1.16. The van der Waals surface area contributed by atoms with Crippen molar-refractivity contribution in [3.63, 3.8) is 0 Å². The van der Waals surface area contributed by atoms with Gasteiger partial charge in [-0.1, -0.05) is 0 Å². The number of carbonyl (C=O) groups is 1. The van der Waals surface area contributed by atoms with Crippen molar-refractivity contribution in [3.05, 3.63) is 29.3 Å². The summed E-state index contributed by atoms with van der Waals surface area (Å²) in [5.74, 6) is 1.18. The lowest BCUT2D eigenvalue weighted by atomic mass is 10.1. The third kappa shape index (κ3) is 4.16. The lowest BCUT2D eigenvalue weighted by Crippen LogP contribution is -2.35. The molecule has 19 heavy (non-hydrogen) atoms. The van der Waals surface area contributed by atoms with Gasteiger partial charge in [0.2, 0.25) is 0 Å². The maximum atomic E-state index is 12.4. The highest BCUT2D eigenvalue weighted by Crippen LogP contribution is 2.18. The number of anilines is 1. The Morgan fingerprint density at radius 1 is 1.47 bits per heavy atom. The highest BCUT2D eigenvalue weighted by molar-refractivity contribution is 7.98. The number of rotatable bonds is 6. The summed E-state index contributed by atoms with van der Waals surface area (Å²) in [5, 5.41) is 3.11. The number of hydrogen-bond acceptors (Lipinski definition) is 3. The van der Waals surface area contributed by atoms with E-state index in [0.29, 0.717) is 0 Å². The zero-order valence-electron chi connectivity index (χ0n) is 12.5. The average molecular weight is 280 g/mol. The van der Waals surface area contributed by atoms with Gasteiger partial charge in [-0.2, -0.15) is 11.8 Å². The van der Waals surface area contributed by atoms with Crippen molar-refractivity contribution in [3.8, 4) is 0 Å². The molecule has 0 bridgehead atoms. The van der Waals surface area contributed by atoms with Crippen LogP contribution in [0, 0.1) is 6.92 Å². The molecule has 1 atom stereocenters. The van der Waals surface area contributed by atoms with Crippen molar-refractivity contribution in [1.29, 1.82) is 0 Å². The molecule has 1 N–H and O–H groups in total. The second-order valence-corrected chi connectivity index (χ2v) is 5.81. The predicted octanol–water partition coefficient (Wildman–Crippen LogP) is 3.25. The number of nitrogens with zero attached hydrogens (tertiary/aromatic N) is 1. The van der Waals surface area contributed by atoms with E-state index < -0.39 is 0 Å². The second kappa shape index (κ2) is 7.43. The first-order valence-electron chi connectivity index (χ1n) is 6.55. The van der Waals surface area contributed by atoms with Crippen molar-refractivity contribution in [2.45, 2.75) is 26.3 Å². The van der Waals surface area contributed by atoms with E-state index in [1.165, 1.54) is 0 Å². The second-order valence-electron chi connectivity index (χ2n) is 4.83. The number of thioether (sulfide) groups is 1. The molecule has 1 rings (SSSR count). The number of hydrogen-bond donors (Lipinski definition) is 1. The lowest BCUT2D eigenvalue weighted by molar-refractivity contribution is 0.0741. The summed E-state index contributed by atoms with van der Waals surface area (Å²) >= 11 is 1.82. The topological polar surface area (TPSA) is 32.3 Å². The smallest absolute Gasteiger partial charge is 0.253 e. The summed E-state index contributed by atoms with van der Waals surface area (Å²) in [6, 6.07) is 6.07. The van der Waals surface area contributed by atoms with Crippen LogP contribution >= 0.6 is 11.8 Å². The van der Waals surface area contributed by atoms with E-state index in [2.05, 4.69) is 18.5 Å². The molecule has 0 aliphatic heterocycles. The molecule has 106 valence electrons. The Kier molecular flexibility index (Phi) is 6.22. The van der Waals surface area contributed by atoms with Gasteiger partial charge < -0.3 is 10.2 Å². The molecule has 1 aromatic rings. The SMILES string of the molecule is CNc1ccc(C(=O)N(C)C(C)CCSC)cc1C. The minimum Gasteiger partial charge on any atom is -0.388 e. The summed E-state index contributed by atoms with van der Waals surface area (Å²) < 4.78 is 0. The zero-order valence-corrected chi connectivity index (χ0v) is 13.3. The van der Waals surface area contributed by atoms with E-state index >= 15 is 0 Å². The normalized spacial score (nSPS) is 12.1. The highest BCUT2D eigenvalue weighted by atomic mass is 32.2. The first-order chi connectivity index (χ1) is 9.01. The monoisotopic (exact) mass is 280 g/mol. The fourth-order valence-corrected chi connectivity index (χ4v) is 2.54.